The van der Waals surface area contributed by atoms with E-state index in [-0.39, 0.29) is 5.69 Å². The highest BCUT2D eigenvalue weighted by Crippen LogP contribution is 2.37. The van der Waals surface area contributed by atoms with Gasteiger partial charge in [-0.05, 0) is 48.8 Å². The van der Waals surface area contributed by atoms with Gasteiger partial charge in [-0.3, -0.25) is 10.1 Å². The lowest BCUT2D eigenvalue weighted by Crippen LogP contribution is -2.23. The molecule has 3 aromatic rings. The van der Waals surface area contributed by atoms with Crippen molar-refractivity contribution >= 4 is 44.5 Å². The summed E-state index contributed by atoms with van der Waals surface area (Å²) >= 11 is 1.08. The van der Waals surface area contributed by atoms with E-state index in [2.05, 4.69) is 25.6 Å². The second-order valence-corrected chi connectivity index (χ2v) is 6.37. The average Bonchev–Trinajstić information content (AvgIpc) is 3.11. The maximum absolute atomic E-state index is 11.2. The standard InChI is InChI=1S/C18H16N6O2S/c1-2-23(12-4-11-19)14-9-7-13(8-10-14)20-21-18-17-15(22-27-18)5-3-6-16(17)24(25)26/h3,5-10H,2,4,12H2,1H3. The molecule has 1 aromatic heterocycles. The summed E-state index contributed by atoms with van der Waals surface area (Å²) in [4.78, 5) is 12.9. The highest BCUT2D eigenvalue weighted by molar-refractivity contribution is 7.11. The Kier molecular flexibility index (Phi) is 5.68. The Morgan fingerprint density at radius 2 is 2.04 bits per heavy atom. The number of hydrogen-bond donors (Lipinski definition) is 0. The first-order valence-corrected chi connectivity index (χ1v) is 9.08. The second kappa shape index (κ2) is 8.33. The molecule has 8 nitrogen and oxygen atoms in total. The van der Waals surface area contributed by atoms with Crippen LogP contribution < -0.4 is 4.90 Å². The largest absolute Gasteiger partial charge is 0.371 e. The van der Waals surface area contributed by atoms with Crippen molar-refractivity contribution in [3.05, 3.63) is 52.6 Å². The van der Waals surface area contributed by atoms with Crippen LogP contribution in [0.4, 0.5) is 22.1 Å². The van der Waals surface area contributed by atoms with E-state index in [9.17, 15) is 10.1 Å². The van der Waals surface area contributed by atoms with Crippen LogP contribution in [0.15, 0.2) is 52.7 Å². The van der Waals surface area contributed by atoms with Gasteiger partial charge in [-0.1, -0.05) is 6.07 Å². The summed E-state index contributed by atoms with van der Waals surface area (Å²) in [6, 6.07) is 14.4. The highest BCUT2D eigenvalue weighted by Gasteiger charge is 2.18. The predicted octanol–water partition coefficient (Wildman–Crippen LogP) is 5.36. The predicted molar refractivity (Wildman–Crippen MR) is 105 cm³/mol. The number of benzene rings is 2. The molecule has 0 spiro atoms. The van der Waals surface area contributed by atoms with Crippen LogP contribution in [0.1, 0.15) is 13.3 Å². The molecule has 0 N–H and O–H groups in total. The third-order valence-corrected chi connectivity index (χ3v) is 4.75. The number of nitro groups is 1. The van der Waals surface area contributed by atoms with Gasteiger partial charge in [0, 0.05) is 24.8 Å². The topological polar surface area (TPSA) is 108 Å². The zero-order chi connectivity index (χ0) is 19.2. The summed E-state index contributed by atoms with van der Waals surface area (Å²) in [5.74, 6) is 0. The molecule has 0 radical (unpaired) electrons. The first-order chi connectivity index (χ1) is 13.1. The Bertz CT molecular complexity index is 1020. The molecule has 0 aliphatic rings. The molecular weight excluding hydrogens is 364 g/mol. The monoisotopic (exact) mass is 380 g/mol. The summed E-state index contributed by atoms with van der Waals surface area (Å²) in [6.45, 7) is 3.51. The number of rotatable bonds is 7. The minimum absolute atomic E-state index is 0.0263. The smallest absolute Gasteiger partial charge is 0.281 e. The van der Waals surface area contributed by atoms with E-state index in [0.29, 0.717) is 34.6 Å². The van der Waals surface area contributed by atoms with Crippen LogP contribution in [0.25, 0.3) is 10.9 Å². The van der Waals surface area contributed by atoms with Crippen molar-refractivity contribution in [2.45, 2.75) is 13.3 Å². The van der Waals surface area contributed by atoms with Crippen LogP contribution in [0.5, 0.6) is 0 Å². The fourth-order valence-electron chi connectivity index (χ4n) is 2.67. The molecule has 0 atom stereocenters. The molecule has 0 fully saturated rings. The van der Waals surface area contributed by atoms with Gasteiger partial charge in [-0.25, -0.2) is 0 Å². The Hall–Kier alpha value is -3.38. The fourth-order valence-corrected chi connectivity index (χ4v) is 3.38. The minimum Gasteiger partial charge on any atom is -0.371 e. The zero-order valence-electron chi connectivity index (χ0n) is 14.6. The van der Waals surface area contributed by atoms with Crippen molar-refractivity contribution in [1.82, 2.24) is 4.37 Å². The zero-order valence-corrected chi connectivity index (χ0v) is 15.4. The first kappa shape index (κ1) is 18.4. The lowest BCUT2D eigenvalue weighted by molar-refractivity contribution is -0.383. The van der Waals surface area contributed by atoms with Gasteiger partial charge in [0.1, 0.15) is 5.39 Å². The number of fused-ring (bicyclic) bond motifs is 1. The molecule has 0 aliphatic heterocycles. The second-order valence-electron chi connectivity index (χ2n) is 5.62. The van der Waals surface area contributed by atoms with Gasteiger partial charge in [-0.2, -0.15) is 9.64 Å². The van der Waals surface area contributed by atoms with Gasteiger partial charge < -0.3 is 4.90 Å². The number of nitriles is 1. The summed E-state index contributed by atoms with van der Waals surface area (Å²) in [5.41, 5.74) is 2.15. The number of anilines is 1. The van der Waals surface area contributed by atoms with E-state index >= 15 is 0 Å². The Morgan fingerprint density at radius 3 is 2.70 bits per heavy atom. The molecule has 0 unspecified atom stereocenters. The summed E-state index contributed by atoms with van der Waals surface area (Å²) < 4.78 is 4.20. The Balaban J connectivity index is 1.84. The van der Waals surface area contributed by atoms with Crippen molar-refractivity contribution in [2.75, 3.05) is 18.0 Å². The summed E-state index contributed by atoms with van der Waals surface area (Å²) in [6.07, 6.45) is 0.465. The molecular formula is C18H16N6O2S. The lowest BCUT2D eigenvalue weighted by atomic mass is 10.2. The SMILES string of the molecule is CCN(CCC#N)c1ccc(N=Nc2snc3cccc([N+](=O)[O-])c23)cc1. The number of azo groups is 1. The van der Waals surface area contributed by atoms with Crippen LogP contribution >= 0.6 is 11.5 Å². The highest BCUT2D eigenvalue weighted by atomic mass is 32.1. The van der Waals surface area contributed by atoms with Gasteiger partial charge in [0.25, 0.3) is 5.69 Å². The molecule has 1 heterocycles. The molecule has 0 bridgehead atoms. The summed E-state index contributed by atoms with van der Waals surface area (Å²) in [7, 11) is 0. The molecule has 0 saturated carbocycles. The molecule has 3 rings (SSSR count). The van der Waals surface area contributed by atoms with Crippen molar-refractivity contribution in [2.24, 2.45) is 10.2 Å². The number of non-ortho nitro benzene ring substituents is 1. The molecule has 136 valence electrons. The van der Waals surface area contributed by atoms with Crippen LogP contribution in [-0.2, 0) is 0 Å². The van der Waals surface area contributed by atoms with Crippen molar-refractivity contribution in [3.8, 4) is 6.07 Å². The molecule has 0 aliphatic carbocycles. The van der Waals surface area contributed by atoms with E-state index in [1.54, 1.807) is 12.1 Å². The molecule has 9 heteroatoms. The van der Waals surface area contributed by atoms with Gasteiger partial charge >= 0.3 is 0 Å². The molecule has 0 amide bonds. The lowest BCUT2D eigenvalue weighted by Gasteiger charge is -2.21. The van der Waals surface area contributed by atoms with Crippen LogP contribution in [0.2, 0.25) is 0 Å². The third kappa shape index (κ3) is 4.07. The van der Waals surface area contributed by atoms with E-state index in [4.69, 9.17) is 5.26 Å². The molecule has 27 heavy (non-hydrogen) atoms. The summed E-state index contributed by atoms with van der Waals surface area (Å²) in [5, 5.41) is 29.1. The van der Waals surface area contributed by atoms with Gasteiger partial charge in [0.15, 0.2) is 5.00 Å². The van der Waals surface area contributed by atoms with E-state index < -0.39 is 4.92 Å². The molecule has 2 aromatic carbocycles. The fraction of sp³-hybridized carbons (Fsp3) is 0.222. The van der Waals surface area contributed by atoms with Crippen LogP contribution in [0.3, 0.4) is 0 Å². The van der Waals surface area contributed by atoms with E-state index in [1.165, 1.54) is 6.07 Å². The first-order valence-electron chi connectivity index (χ1n) is 8.30. The maximum atomic E-state index is 11.2. The van der Waals surface area contributed by atoms with Crippen molar-refractivity contribution in [1.29, 1.82) is 5.26 Å². The van der Waals surface area contributed by atoms with Gasteiger partial charge in [-0.15, -0.1) is 10.2 Å². The van der Waals surface area contributed by atoms with Crippen molar-refractivity contribution < 1.29 is 4.92 Å². The Morgan fingerprint density at radius 1 is 1.26 bits per heavy atom. The quantitative estimate of drug-likeness (QED) is 0.311. The maximum Gasteiger partial charge on any atom is 0.281 e. The normalized spacial score (nSPS) is 11.0. The van der Waals surface area contributed by atoms with Crippen molar-refractivity contribution in [3.63, 3.8) is 0 Å². The number of nitrogens with zero attached hydrogens (tertiary/aromatic N) is 6. The minimum atomic E-state index is -0.439. The van der Waals surface area contributed by atoms with Crippen LogP contribution in [0, 0.1) is 21.4 Å². The van der Waals surface area contributed by atoms with Crippen LogP contribution in [-0.4, -0.2) is 22.4 Å². The number of aromatic nitrogens is 1. The third-order valence-electron chi connectivity index (χ3n) is 4.01. The average molecular weight is 380 g/mol. The number of hydrogen-bond acceptors (Lipinski definition) is 8. The Labute approximate surface area is 159 Å². The van der Waals surface area contributed by atoms with E-state index in [1.807, 2.05) is 31.2 Å². The van der Waals surface area contributed by atoms with Gasteiger partial charge in [0.05, 0.1) is 28.6 Å². The van der Waals surface area contributed by atoms with Gasteiger partial charge in [0.2, 0.25) is 0 Å². The van der Waals surface area contributed by atoms with E-state index in [0.717, 1.165) is 23.8 Å². The number of nitro benzene ring substituents is 1. The molecule has 0 saturated heterocycles.